The summed E-state index contributed by atoms with van der Waals surface area (Å²) >= 11 is 0. The SMILES string of the molecule is Cc1cc(=O)oc2cc(Oc3ccnc(NN)n3)ccc12. The molecule has 7 nitrogen and oxygen atoms in total. The number of anilines is 1. The fraction of sp³-hybridized carbons (Fsp3) is 0.0714. The number of nitrogens with two attached hydrogens (primary N) is 1. The highest BCUT2D eigenvalue weighted by molar-refractivity contribution is 5.81. The highest BCUT2D eigenvalue weighted by Gasteiger charge is 2.06. The largest absolute Gasteiger partial charge is 0.439 e. The summed E-state index contributed by atoms with van der Waals surface area (Å²) in [5, 5.41) is 0.856. The first-order chi connectivity index (χ1) is 10.2. The molecular weight excluding hydrogens is 272 g/mol. The predicted molar refractivity (Wildman–Crippen MR) is 77.1 cm³/mol. The van der Waals surface area contributed by atoms with Crippen LogP contribution in [0.2, 0.25) is 0 Å². The normalized spacial score (nSPS) is 10.6. The molecule has 21 heavy (non-hydrogen) atoms. The minimum atomic E-state index is -0.395. The van der Waals surface area contributed by atoms with Gasteiger partial charge in [0.25, 0.3) is 0 Å². The van der Waals surface area contributed by atoms with E-state index in [1.165, 1.54) is 12.3 Å². The number of aromatic nitrogens is 2. The maximum atomic E-state index is 11.4. The Morgan fingerprint density at radius 2 is 2.14 bits per heavy atom. The standard InChI is InChI=1S/C14H12N4O3/c1-8-6-13(19)21-11-7-9(2-3-10(8)11)20-12-4-5-16-14(17-12)18-15/h2-7H,15H2,1H3,(H,16,17,18). The number of hydrogen-bond acceptors (Lipinski definition) is 7. The van der Waals surface area contributed by atoms with Crippen LogP contribution in [0.1, 0.15) is 5.56 Å². The molecule has 0 aliphatic rings. The van der Waals surface area contributed by atoms with Crippen molar-refractivity contribution in [3.05, 3.63) is 52.5 Å². The van der Waals surface area contributed by atoms with E-state index >= 15 is 0 Å². The molecule has 0 aliphatic carbocycles. The van der Waals surface area contributed by atoms with Gasteiger partial charge in [-0.15, -0.1) is 0 Å². The molecular formula is C14H12N4O3. The minimum Gasteiger partial charge on any atom is -0.439 e. The van der Waals surface area contributed by atoms with Gasteiger partial charge in [-0.25, -0.2) is 15.6 Å². The Labute approximate surface area is 119 Å². The number of nitrogens with zero attached hydrogens (tertiary/aromatic N) is 2. The van der Waals surface area contributed by atoms with Crippen LogP contribution in [0.5, 0.6) is 11.6 Å². The highest BCUT2D eigenvalue weighted by Crippen LogP contribution is 2.25. The summed E-state index contributed by atoms with van der Waals surface area (Å²) in [7, 11) is 0. The highest BCUT2D eigenvalue weighted by atomic mass is 16.5. The van der Waals surface area contributed by atoms with Crippen molar-refractivity contribution in [2.24, 2.45) is 5.84 Å². The summed E-state index contributed by atoms with van der Waals surface area (Å²) in [4.78, 5) is 19.3. The van der Waals surface area contributed by atoms with Crippen LogP contribution >= 0.6 is 0 Å². The fourth-order valence-corrected chi connectivity index (χ4v) is 1.96. The molecule has 0 atom stereocenters. The zero-order valence-electron chi connectivity index (χ0n) is 11.2. The van der Waals surface area contributed by atoms with Crippen LogP contribution in [0.15, 0.2) is 45.7 Å². The lowest BCUT2D eigenvalue weighted by atomic mass is 10.1. The van der Waals surface area contributed by atoms with E-state index in [4.69, 9.17) is 15.0 Å². The molecule has 0 spiro atoms. The molecule has 3 N–H and O–H groups in total. The van der Waals surface area contributed by atoms with E-state index in [1.807, 2.05) is 13.0 Å². The van der Waals surface area contributed by atoms with E-state index in [0.29, 0.717) is 17.2 Å². The van der Waals surface area contributed by atoms with Crippen LogP contribution in [0.25, 0.3) is 11.0 Å². The van der Waals surface area contributed by atoms with Gasteiger partial charge in [-0.3, -0.25) is 5.43 Å². The van der Waals surface area contributed by atoms with Crippen molar-refractivity contribution in [1.29, 1.82) is 0 Å². The molecule has 0 saturated heterocycles. The average Bonchev–Trinajstić information content (AvgIpc) is 2.47. The first kappa shape index (κ1) is 13.1. The Morgan fingerprint density at radius 3 is 2.95 bits per heavy atom. The zero-order chi connectivity index (χ0) is 14.8. The Kier molecular flexibility index (Phi) is 3.25. The van der Waals surface area contributed by atoms with E-state index in [9.17, 15) is 4.79 Å². The van der Waals surface area contributed by atoms with Gasteiger partial charge in [-0.2, -0.15) is 4.98 Å². The van der Waals surface area contributed by atoms with E-state index < -0.39 is 5.63 Å². The van der Waals surface area contributed by atoms with Crippen molar-refractivity contribution < 1.29 is 9.15 Å². The van der Waals surface area contributed by atoms with Crippen molar-refractivity contribution in [3.8, 4) is 11.6 Å². The van der Waals surface area contributed by atoms with Crippen LogP contribution in [-0.2, 0) is 0 Å². The van der Waals surface area contributed by atoms with E-state index in [1.54, 1.807) is 18.2 Å². The van der Waals surface area contributed by atoms with Crippen LogP contribution < -0.4 is 21.6 Å². The van der Waals surface area contributed by atoms with Gasteiger partial charge in [0.15, 0.2) is 0 Å². The minimum absolute atomic E-state index is 0.246. The lowest BCUT2D eigenvalue weighted by Crippen LogP contribution is -2.10. The van der Waals surface area contributed by atoms with E-state index in [0.717, 1.165) is 10.9 Å². The number of fused-ring (bicyclic) bond motifs is 1. The predicted octanol–water partition coefficient (Wildman–Crippen LogP) is 1.97. The molecule has 0 radical (unpaired) electrons. The average molecular weight is 284 g/mol. The number of benzene rings is 1. The van der Waals surface area contributed by atoms with Crippen molar-refractivity contribution in [2.45, 2.75) is 6.92 Å². The monoisotopic (exact) mass is 284 g/mol. The molecule has 0 amide bonds. The van der Waals surface area contributed by atoms with Crippen molar-refractivity contribution in [3.63, 3.8) is 0 Å². The summed E-state index contributed by atoms with van der Waals surface area (Å²) in [6.45, 7) is 1.85. The van der Waals surface area contributed by atoms with Gasteiger partial charge in [0, 0.05) is 29.8 Å². The molecule has 0 bridgehead atoms. The lowest BCUT2D eigenvalue weighted by Gasteiger charge is -2.07. The number of ether oxygens (including phenoxy) is 1. The quantitative estimate of drug-likeness (QED) is 0.430. The molecule has 0 unspecified atom stereocenters. The van der Waals surface area contributed by atoms with Gasteiger partial charge < -0.3 is 9.15 Å². The van der Waals surface area contributed by atoms with Gasteiger partial charge in [0.05, 0.1) is 0 Å². The molecule has 0 aliphatic heterocycles. The van der Waals surface area contributed by atoms with Crippen LogP contribution in [0.3, 0.4) is 0 Å². The number of hydrogen-bond donors (Lipinski definition) is 2. The summed E-state index contributed by atoms with van der Waals surface area (Å²) < 4.78 is 10.8. The third kappa shape index (κ3) is 2.67. The fourth-order valence-electron chi connectivity index (χ4n) is 1.96. The van der Waals surface area contributed by atoms with Gasteiger partial charge in [-0.1, -0.05) is 0 Å². The number of nitrogen functional groups attached to an aromatic ring is 1. The molecule has 2 aromatic heterocycles. The Bertz CT molecular complexity index is 860. The van der Waals surface area contributed by atoms with Crippen molar-refractivity contribution in [1.82, 2.24) is 9.97 Å². The Balaban J connectivity index is 1.99. The Hall–Kier alpha value is -2.93. The maximum Gasteiger partial charge on any atom is 0.336 e. The Morgan fingerprint density at radius 1 is 1.29 bits per heavy atom. The summed E-state index contributed by atoms with van der Waals surface area (Å²) in [6, 6.07) is 8.28. The smallest absolute Gasteiger partial charge is 0.336 e. The van der Waals surface area contributed by atoms with E-state index in [2.05, 4.69) is 15.4 Å². The van der Waals surface area contributed by atoms with Crippen LogP contribution in [0, 0.1) is 6.92 Å². The van der Waals surface area contributed by atoms with Gasteiger partial charge >= 0.3 is 5.63 Å². The number of rotatable bonds is 3. The second kappa shape index (κ2) is 5.22. The number of aryl methyl sites for hydroxylation is 1. The van der Waals surface area contributed by atoms with E-state index in [-0.39, 0.29) is 5.95 Å². The summed E-state index contributed by atoms with van der Waals surface area (Å²) in [6.07, 6.45) is 1.52. The molecule has 3 rings (SSSR count). The third-order valence-electron chi connectivity index (χ3n) is 2.90. The number of hydrazine groups is 1. The first-order valence-corrected chi connectivity index (χ1v) is 6.18. The summed E-state index contributed by atoms with van der Waals surface area (Å²) in [5.41, 5.74) is 3.25. The maximum absolute atomic E-state index is 11.4. The first-order valence-electron chi connectivity index (χ1n) is 6.18. The molecule has 0 fully saturated rings. The summed E-state index contributed by atoms with van der Waals surface area (Å²) in [5.74, 6) is 6.31. The second-order valence-corrected chi connectivity index (χ2v) is 4.37. The van der Waals surface area contributed by atoms with Gasteiger partial charge in [0.2, 0.25) is 11.8 Å². The number of nitrogens with one attached hydrogen (secondary N) is 1. The second-order valence-electron chi connectivity index (χ2n) is 4.37. The van der Waals surface area contributed by atoms with Gasteiger partial charge in [-0.05, 0) is 24.6 Å². The molecule has 3 aromatic rings. The molecule has 2 heterocycles. The van der Waals surface area contributed by atoms with Gasteiger partial charge in [0.1, 0.15) is 11.3 Å². The topological polar surface area (TPSA) is 103 Å². The third-order valence-corrected chi connectivity index (χ3v) is 2.90. The molecule has 7 heteroatoms. The van der Waals surface area contributed by atoms with Crippen molar-refractivity contribution >= 4 is 16.9 Å². The van der Waals surface area contributed by atoms with Crippen molar-refractivity contribution in [2.75, 3.05) is 5.43 Å². The van der Waals surface area contributed by atoms with Crippen LogP contribution in [0.4, 0.5) is 5.95 Å². The zero-order valence-corrected chi connectivity index (χ0v) is 11.2. The molecule has 0 saturated carbocycles. The van der Waals surface area contributed by atoms with Crippen LogP contribution in [-0.4, -0.2) is 9.97 Å². The lowest BCUT2D eigenvalue weighted by molar-refractivity contribution is 0.461. The molecule has 106 valence electrons. The molecule has 1 aromatic carbocycles.